The quantitative estimate of drug-likeness (QED) is 0.496. The van der Waals surface area contributed by atoms with Crippen molar-refractivity contribution in [1.29, 1.82) is 0 Å². The van der Waals surface area contributed by atoms with E-state index in [1.54, 1.807) is 0 Å². The molecule has 0 aliphatic carbocycles. The summed E-state index contributed by atoms with van der Waals surface area (Å²) >= 11 is 0. The van der Waals surface area contributed by atoms with Gasteiger partial charge in [-0.05, 0) is 25.3 Å². The van der Waals surface area contributed by atoms with E-state index < -0.39 is 0 Å². The second-order valence-corrected chi connectivity index (χ2v) is 3.26. The number of carbonyl (C=O) groups excluding carboxylic acids is 1. The molecule has 0 heterocycles. The van der Waals surface area contributed by atoms with Crippen molar-refractivity contribution in [2.45, 2.75) is 26.2 Å². The highest BCUT2D eigenvalue weighted by Crippen LogP contribution is 2.08. The molecule has 0 radical (unpaired) electrons. The summed E-state index contributed by atoms with van der Waals surface area (Å²) in [5, 5.41) is 11.7. The zero-order valence-electron chi connectivity index (χ0n) is 8.25. The van der Waals surface area contributed by atoms with Crippen LogP contribution < -0.4 is 11.1 Å². The average Bonchev–Trinajstić information content (AvgIpc) is 2.04. The van der Waals surface area contributed by atoms with Gasteiger partial charge in [-0.15, -0.1) is 0 Å². The Hall–Kier alpha value is -0.610. The van der Waals surface area contributed by atoms with Crippen LogP contribution in [0.3, 0.4) is 0 Å². The molecule has 13 heavy (non-hydrogen) atoms. The number of amides is 1. The molecule has 1 amide bonds. The molecule has 0 aromatic heterocycles. The van der Waals surface area contributed by atoms with Gasteiger partial charge in [0.05, 0.1) is 6.54 Å². The average molecular weight is 188 g/mol. The third-order valence-corrected chi connectivity index (χ3v) is 1.97. The zero-order valence-corrected chi connectivity index (χ0v) is 8.25. The predicted octanol–water partition coefficient (Wildman–Crippen LogP) is -0.140. The van der Waals surface area contributed by atoms with Crippen molar-refractivity contribution >= 4 is 5.91 Å². The zero-order chi connectivity index (χ0) is 10.1. The van der Waals surface area contributed by atoms with Crippen LogP contribution in [0.2, 0.25) is 0 Å². The third-order valence-electron chi connectivity index (χ3n) is 1.97. The Kier molecular flexibility index (Phi) is 7.63. The summed E-state index contributed by atoms with van der Waals surface area (Å²) in [5.41, 5.74) is 4.98. The first kappa shape index (κ1) is 12.4. The molecule has 1 atom stereocenters. The van der Waals surface area contributed by atoms with Crippen LogP contribution in [-0.2, 0) is 4.79 Å². The SMILES string of the molecule is CCCC(CCO)CNCC(N)=O. The van der Waals surface area contributed by atoms with Gasteiger partial charge >= 0.3 is 0 Å². The molecule has 4 nitrogen and oxygen atoms in total. The lowest BCUT2D eigenvalue weighted by Crippen LogP contribution is -2.32. The van der Waals surface area contributed by atoms with Crippen molar-refractivity contribution in [3.05, 3.63) is 0 Å². The van der Waals surface area contributed by atoms with Gasteiger partial charge < -0.3 is 16.2 Å². The molecule has 0 saturated carbocycles. The minimum atomic E-state index is -0.334. The summed E-state index contributed by atoms with van der Waals surface area (Å²) in [6, 6.07) is 0. The number of hydrogen-bond donors (Lipinski definition) is 3. The fourth-order valence-corrected chi connectivity index (χ4v) is 1.34. The topological polar surface area (TPSA) is 75.3 Å². The number of rotatable bonds is 8. The molecule has 0 fully saturated rings. The largest absolute Gasteiger partial charge is 0.396 e. The van der Waals surface area contributed by atoms with Crippen LogP contribution in [0.4, 0.5) is 0 Å². The number of nitrogens with two attached hydrogens (primary N) is 1. The molecule has 4 N–H and O–H groups in total. The van der Waals surface area contributed by atoms with E-state index in [1.165, 1.54) is 0 Å². The number of aliphatic hydroxyl groups excluding tert-OH is 1. The van der Waals surface area contributed by atoms with Gasteiger partial charge in [0.15, 0.2) is 0 Å². The first-order valence-corrected chi connectivity index (χ1v) is 4.80. The van der Waals surface area contributed by atoms with Crippen molar-refractivity contribution in [3.8, 4) is 0 Å². The van der Waals surface area contributed by atoms with Gasteiger partial charge in [0.2, 0.25) is 5.91 Å². The van der Waals surface area contributed by atoms with E-state index in [0.717, 1.165) is 25.8 Å². The molecule has 0 aromatic carbocycles. The maximum absolute atomic E-state index is 10.4. The fraction of sp³-hybridized carbons (Fsp3) is 0.889. The summed E-state index contributed by atoms with van der Waals surface area (Å²) in [5.74, 6) is 0.119. The summed E-state index contributed by atoms with van der Waals surface area (Å²) in [4.78, 5) is 10.4. The van der Waals surface area contributed by atoms with Crippen LogP contribution in [0, 0.1) is 5.92 Å². The maximum Gasteiger partial charge on any atom is 0.231 e. The Morgan fingerprint density at radius 3 is 2.69 bits per heavy atom. The van der Waals surface area contributed by atoms with Crippen molar-refractivity contribution in [2.75, 3.05) is 19.7 Å². The van der Waals surface area contributed by atoms with Gasteiger partial charge in [0, 0.05) is 6.61 Å². The minimum Gasteiger partial charge on any atom is -0.396 e. The van der Waals surface area contributed by atoms with E-state index in [4.69, 9.17) is 10.8 Å². The van der Waals surface area contributed by atoms with Gasteiger partial charge in [-0.1, -0.05) is 13.3 Å². The van der Waals surface area contributed by atoms with Crippen molar-refractivity contribution in [1.82, 2.24) is 5.32 Å². The van der Waals surface area contributed by atoms with E-state index in [2.05, 4.69) is 12.2 Å². The minimum absolute atomic E-state index is 0.211. The van der Waals surface area contributed by atoms with Gasteiger partial charge in [-0.25, -0.2) is 0 Å². The molecule has 0 bridgehead atoms. The Morgan fingerprint density at radius 2 is 2.23 bits per heavy atom. The third kappa shape index (κ3) is 7.74. The molecule has 0 aromatic rings. The van der Waals surface area contributed by atoms with Gasteiger partial charge in [-0.3, -0.25) is 4.79 Å². The summed E-state index contributed by atoms with van der Waals surface area (Å²) in [7, 11) is 0. The molecule has 0 saturated heterocycles. The Bertz CT molecular complexity index is 134. The van der Waals surface area contributed by atoms with Gasteiger partial charge in [0.25, 0.3) is 0 Å². The van der Waals surface area contributed by atoms with E-state index in [0.29, 0.717) is 5.92 Å². The Balaban J connectivity index is 3.49. The van der Waals surface area contributed by atoms with E-state index in [1.807, 2.05) is 0 Å². The Labute approximate surface area is 79.5 Å². The Morgan fingerprint density at radius 1 is 1.54 bits per heavy atom. The molecular weight excluding hydrogens is 168 g/mol. The van der Waals surface area contributed by atoms with E-state index >= 15 is 0 Å². The monoisotopic (exact) mass is 188 g/mol. The van der Waals surface area contributed by atoms with Crippen molar-refractivity contribution < 1.29 is 9.90 Å². The number of nitrogens with one attached hydrogen (secondary N) is 1. The standard InChI is InChI=1S/C9H20N2O2/c1-2-3-8(4-5-12)6-11-7-9(10)13/h8,11-12H,2-7H2,1H3,(H2,10,13). The van der Waals surface area contributed by atoms with Gasteiger partial charge in [0.1, 0.15) is 0 Å². The van der Waals surface area contributed by atoms with Crippen LogP contribution in [0.5, 0.6) is 0 Å². The molecule has 0 spiro atoms. The first-order valence-electron chi connectivity index (χ1n) is 4.80. The van der Waals surface area contributed by atoms with Crippen LogP contribution in [0.25, 0.3) is 0 Å². The van der Waals surface area contributed by atoms with E-state index in [-0.39, 0.29) is 19.1 Å². The van der Waals surface area contributed by atoms with Crippen LogP contribution >= 0.6 is 0 Å². The summed E-state index contributed by atoms with van der Waals surface area (Å²) in [6.45, 7) is 3.31. The molecular formula is C9H20N2O2. The second-order valence-electron chi connectivity index (χ2n) is 3.26. The number of hydrogen-bond acceptors (Lipinski definition) is 3. The first-order chi connectivity index (χ1) is 6.20. The predicted molar refractivity (Wildman–Crippen MR) is 52.2 cm³/mol. The molecule has 0 rings (SSSR count). The molecule has 0 aliphatic heterocycles. The highest BCUT2D eigenvalue weighted by atomic mass is 16.3. The van der Waals surface area contributed by atoms with Gasteiger partial charge in [-0.2, -0.15) is 0 Å². The summed E-state index contributed by atoms with van der Waals surface area (Å²) in [6.07, 6.45) is 2.97. The fourth-order valence-electron chi connectivity index (χ4n) is 1.34. The van der Waals surface area contributed by atoms with E-state index in [9.17, 15) is 4.79 Å². The maximum atomic E-state index is 10.4. The van der Waals surface area contributed by atoms with Crippen molar-refractivity contribution in [3.63, 3.8) is 0 Å². The lowest BCUT2D eigenvalue weighted by Gasteiger charge is -2.14. The number of primary amides is 1. The normalized spacial score (nSPS) is 12.8. The molecule has 78 valence electrons. The smallest absolute Gasteiger partial charge is 0.231 e. The molecule has 4 heteroatoms. The number of carbonyl (C=O) groups is 1. The summed E-state index contributed by atoms with van der Waals surface area (Å²) < 4.78 is 0. The molecule has 1 unspecified atom stereocenters. The number of aliphatic hydroxyl groups is 1. The lowest BCUT2D eigenvalue weighted by atomic mass is 10.0. The second kappa shape index (κ2) is 8.01. The molecule has 0 aliphatic rings. The lowest BCUT2D eigenvalue weighted by molar-refractivity contribution is -0.117. The highest BCUT2D eigenvalue weighted by Gasteiger charge is 2.06. The highest BCUT2D eigenvalue weighted by molar-refractivity contribution is 5.75. The van der Waals surface area contributed by atoms with Crippen molar-refractivity contribution in [2.24, 2.45) is 11.7 Å². The van der Waals surface area contributed by atoms with Crippen LogP contribution in [-0.4, -0.2) is 30.7 Å². The van der Waals surface area contributed by atoms with Crippen LogP contribution in [0.15, 0.2) is 0 Å². The van der Waals surface area contributed by atoms with Crippen LogP contribution in [0.1, 0.15) is 26.2 Å².